The number of rotatable bonds is 5. The van der Waals surface area contributed by atoms with Gasteiger partial charge in [-0.3, -0.25) is 4.79 Å². The van der Waals surface area contributed by atoms with E-state index < -0.39 is 0 Å². The minimum Gasteiger partial charge on any atom is -0.303 e. The fourth-order valence-electron chi connectivity index (χ4n) is 2.49. The van der Waals surface area contributed by atoms with Crippen molar-refractivity contribution >= 4 is 21.7 Å². The average molecular weight is 310 g/mol. The van der Waals surface area contributed by atoms with Crippen LogP contribution in [0.5, 0.6) is 0 Å². The Morgan fingerprint density at radius 1 is 1.39 bits per heavy atom. The molecule has 1 heterocycles. The maximum Gasteiger partial charge on any atom is 0.164 e. The van der Waals surface area contributed by atoms with E-state index in [4.69, 9.17) is 0 Å². The van der Waals surface area contributed by atoms with Gasteiger partial charge in [0, 0.05) is 29.5 Å². The third kappa shape index (κ3) is 3.66. The quantitative estimate of drug-likeness (QED) is 0.772. The lowest BCUT2D eigenvalue weighted by Crippen LogP contribution is -2.23. The first-order valence-electron chi connectivity index (χ1n) is 6.70. The molecule has 2 nitrogen and oxygen atoms in total. The number of halogens is 1. The van der Waals surface area contributed by atoms with E-state index in [1.54, 1.807) is 0 Å². The number of Topliss-reactive ketones (excluding diaryl/α,β-unsaturated/α-hetero) is 1. The average Bonchev–Trinajstić information content (AvgIpc) is 2.85. The van der Waals surface area contributed by atoms with Crippen LogP contribution in [0.1, 0.15) is 36.5 Å². The Kier molecular flexibility index (Phi) is 4.95. The lowest BCUT2D eigenvalue weighted by Gasteiger charge is -2.14. The molecule has 0 amide bonds. The van der Waals surface area contributed by atoms with E-state index in [1.165, 1.54) is 19.4 Å². The molecule has 2 rings (SSSR count). The topological polar surface area (TPSA) is 20.3 Å². The van der Waals surface area contributed by atoms with Gasteiger partial charge in [0.1, 0.15) is 0 Å². The second-order valence-electron chi connectivity index (χ2n) is 5.04. The van der Waals surface area contributed by atoms with Crippen molar-refractivity contribution in [2.24, 2.45) is 5.92 Å². The van der Waals surface area contributed by atoms with Crippen LogP contribution >= 0.6 is 15.9 Å². The van der Waals surface area contributed by atoms with Gasteiger partial charge in [-0.25, -0.2) is 0 Å². The normalized spacial score (nSPS) is 20.2. The molecule has 0 radical (unpaired) electrons. The van der Waals surface area contributed by atoms with Gasteiger partial charge in [0.2, 0.25) is 0 Å². The van der Waals surface area contributed by atoms with Gasteiger partial charge in [0.25, 0.3) is 0 Å². The number of benzene rings is 1. The summed E-state index contributed by atoms with van der Waals surface area (Å²) in [6.07, 6.45) is 3.19. The highest BCUT2D eigenvalue weighted by Gasteiger charge is 2.21. The van der Waals surface area contributed by atoms with Gasteiger partial charge in [-0.1, -0.05) is 41.4 Å². The zero-order valence-corrected chi connectivity index (χ0v) is 12.4. The van der Waals surface area contributed by atoms with Crippen LogP contribution in [0.15, 0.2) is 28.7 Å². The molecule has 0 spiro atoms. The maximum absolute atomic E-state index is 12.0. The van der Waals surface area contributed by atoms with Gasteiger partial charge in [-0.05, 0) is 31.0 Å². The van der Waals surface area contributed by atoms with E-state index in [9.17, 15) is 4.79 Å². The van der Waals surface area contributed by atoms with Crippen LogP contribution in [0.3, 0.4) is 0 Å². The van der Waals surface area contributed by atoms with Gasteiger partial charge in [0.15, 0.2) is 5.78 Å². The molecular weight excluding hydrogens is 290 g/mol. The molecule has 98 valence electrons. The van der Waals surface area contributed by atoms with Gasteiger partial charge in [0.05, 0.1) is 0 Å². The van der Waals surface area contributed by atoms with Crippen LogP contribution in [0.2, 0.25) is 0 Å². The van der Waals surface area contributed by atoms with Crippen molar-refractivity contribution in [3.05, 3.63) is 34.3 Å². The summed E-state index contributed by atoms with van der Waals surface area (Å²) < 4.78 is 1.02. The van der Waals surface area contributed by atoms with E-state index in [2.05, 4.69) is 27.8 Å². The molecule has 0 saturated carbocycles. The van der Waals surface area contributed by atoms with E-state index >= 15 is 0 Å². The maximum atomic E-state index is 12.0. The van der Waals surface area contributed by atoms with Gasteiger partial charge in [-0.15, -0.1) is 0 Å². The molecule has 0 N–H and O–H groups in total. The molecule has 1 aliphatic heterocycles. The Hall–Kier alpha value is -0.670. The summed E-state index contributed by atoms with van der Waals surface area (Å²) in [5.74, 6) is 1.09. The monoisotopic (exact) mass is 309 g/mol. The number of likely N-dealkylation sites (tertiary alicyclic amines) is 1. The van der Waals surface area contributed by atoms with Gasteiger partial charge >= 0.3 is 0 Å². The number of ketones is 1. The molecule has 1 aromatic carbocycles. The molecule has 1 unspecified atom stereocenters. The van der Waals surface area contributed by atoms with Crippen molar-refractivity contribution < 1.29 is 4.79 Å². The minimum absolute atomic E-state index is 0.252. The van der Waals surface area contributed by atoms with Crippen molar-refractivity contribution in [3.8, 4) is 0 Å². The first-order chi connectivity index (χ1) is 8.69. The molecule has 0 bridgehead atoms. The summed E-state index contributed by atoms with van der Waals surface area (Å²) in [6.45, 7) is 5.49. The van der Waals surface area contributed by atoms with E-state index in [0.717, 1.165) is 29.0 Å². The van der Waals surface area contributed by atoms with Crippen LogP contribution in [0.25, 0.3) is 0 Å². The summed E-state index contributed by atoms with van der Waals surface area (Å²) in [5.41, 5.74) is 0.824. The molecular formula is C15H20BrNO. The van der Waals surface area contributed by atoms with Crippen molar-refractivity contribution in [1.29, 1.82) is 0 Å². The number of carbonyl (C=O) groups excluding carboxylic acids is 1. The minimum atomic E-state index is 0.252. The number of hydrogen-bond acceptors (Lipinski definition) is 2. The lowest BCUT2D eigenvalue weighted by molar-refractivity contribution is 0.0968. The first-order valence-corrected chi connectivity index (χ1v) is 7.49. The summed E-state index contributed by atoms with van der Waals surface area (Å²) in [6, 6.07) is 7.64. The smallest absolute Gasteiger partial charge is 0.164 e. The fourth-order valence-corrected chi connectivity index (χ4v) is 2.75. The summed E-state index contributed by atoms with van der Waals surface area (Å²) in [4.78, 5) is 14.4. The first kappa shape index (κ1) is 13.8. The molecule has 1 saturated heterocycles. The second-order valence-corrected chi connectivity index (χ2v) is 5.96. The highest BCUT2D eigenvalue weighted by atomic mass is 79.9. The van der Waals surface area contributed by atoms with Crippen LogP contribution in [-0.2, 0) is 0 Å². The highest BCUT2D eigenvalue weighted by molar-refractivity contribution is 9.10. The SMILES string of the molecule is CCC1CCN(CCC(=O)c2ccc(Br)cc2)C1. The Morgan fingerprint density at radius 2 is 2.11 bits per heavy atom. The largest absolute Gasteiger partial charge is 0.303 e. The molecule has 1 fully saturated rings. The molecule has 1 aromatic rings. The van der Waals surface area contributed by atoms with Gasteiger partial charge in [-0.2, -0.15) is 0 Å². The van der Waals surface area contributed by atoms with Crippen molar-refractivity contribution in [2.45, 2.75) is 26.2 Å². The third-order valence-electron chi connectivity index (χ3n) is 3.77. The third-order valence-corrected chi connectivity index (χ3v) is 4.30. The highest BCUT2D eigenvalue weighted by Crippen LogP contribution is 2.19. The number of carbonyl (C=O) groups is 1. The van der Waals surface area contributed by atoms with Crippen LogP contribution < -0.4 is 0 Å². The lowest BCUT2D eigenvalue weighted by atomic mass is 10.1. The van der Waals surface area contributed by atoms with Crippen molar-refractivity contribution in [3.63, 3.8) is 0 Å². The van der Waals surface area contributed by atoms with Gasteiger partial charge < -0.3 is 4.90 Å². The Labute approximate surface area is 117 Å². The zero-order valence-electron chi connectivity index (χ0n) is 10.9. The Morgan fingerprint density at radius 3 is 2.72 bits per heavy atom. The predicted octanol–water partition coefficient (Wildman–Crippen LogP) is 3.75. The molecule has 1 aliphatic rings. The molecule has 0 aromatic heterocycles. The van der Waals surface area contributed by atoms with Crippen LogP contribution in [-0.4, -0.2) is 30.3 Å². The Balaban J connectivity index is 1.80. The van der Waals surface area contributed by atoms with Crippen molar-refractivity contribution in [1.82, 2.24) is 4.90 Å². The van der Waals surface area contributed by atoms with Crippen LogP contribution in [0, 0.1) is 5.92 Å². The molecule has 1 atom stereocenters. The summed E-state index contributed by atoms with van der Waals surface area (Å²) in [5, 5.41) is 0. The fraction of sp³-hybridized carbons (Fsp3) is 0.533. The van der Waals surface area contributed by atoms with Crippen LogP contribution in [0.4, 0.5) is 0 Å². The standard InChI is InChI=1S/C15H20BrNO/c1-2-12-7-9-17(11-12)10-8-15(18)13-3-5-14(16)6-4-13/h3-6,12H,2,7-11H2,1H3. The number of hydrogen-bond donors (Lipinski definition) is 0. The zero-order chi connectivity index (χ0) is 13.0. The molecule has 3 heteroatoms. The number of nitrogens with zero attached hydrogens (tertiary/aromatic N) is 1. The molecule has 0 aliphatic carbocycles. The van der Waals surface area contributed by atoms with E-state index in [0.29, 0.717) is 6.42 Å². The van der Waals surface area contributed by atoms with Crippen molar-refractivity contribution in [2.75, 3.05) is 19.6 Å². The van der Waals surface area contributed by atoms with E-state index in [1.807, 2.05) is 24.3 Å². The second kappa shape index (κ2) is 6.48. The molecule has 18 heavy (non-hydrogen) atoms. The summed E-state index contributed by atoms with van der Waals surface area (Å²) >= 11 is 3.38. The Bertz CT molecular complexity index is 401. The predicted molar refractivity (Wildman–Crippen MR) is 77.9 cm³/mol. The van der Waals surface area contributed by atoms with E-state index in [-0.39, 0.29) is 5.78 Å². The summed E-state index contributed by atoms with van der Waals surface area (Å²) in [7, 11) is 0.